The second-order valence-electron chi connectivity index (χ2n) is 2.26. The average molecular weight is 196 g/mol. The van der Waals surface area contributed by atoms with Gasteiger partial charge in [0.25, 0.3) is 6.43 Å². The minimum absolute atomic E-state index is 0.0910. The van der Waals surface area contributed by atoms with Crippen molar-refractivity contribution in [1.29, 1.82) is 0 Å². The normalized spacial score (nSPS) is 10.8. The van der Waals surface area contributed by atoms with Gasteiger partial charge in [-0.25, -0.2) is 18.2 Å². The number of aromatic nitrogens is 1. The molecule has 0 aromatic carbocycles. The van der Waals surface area contributed by atoms with Gasteiger partial charge in [-0.15, -0.1) is 0 Å². The highest BCUT2D eigenvalue weighted by molar-refractivity contribution is 6.30. The van der Waals surface area contributed by atoms with E-state index in [1.54, 1.807) is 0 Å². The summed E-state index contributed by atoms with van der Waals surface area (Å²) >= 11 is 5.42. The van der Waals surface area contributed by atoms with Crippen LogP contribution in [0.15, 0.2) is 6.07 Å². The summed E-state index contributed by atoms with van der Waals surface area (Å²) in [7, 11) is 0. The Hall–Kier alpha value is -0.770. The van der Waals surface area contributed by atoms with Crippen molar-refractivity contribution in [2.75, 3.05) is 0 Å². The van der Waals surface area contributed by atoms with Crippen molar-refractivity contribution < 1.29 is 13.2 Å². The third-order valence-electron chi connectivity index (χ3n) is 1.34. The highest BCUT2D eigenvalue weighted by Crippen LogP contribution is 2.23. The minimum atomic E-state index is -2.93. The molecule has 0 bridgehead atoms. The highest BCUT2D eigenvalue weighted by Gasteiger charge is 2.16. The molecule has 1 nitrogen and oxygen atoms in total. The van der Waals surface area contributed by atoms with Gasteiger partial charge in [0.15, 0.2) is 5.82 Å². The molecule has 1 heterocycles. The molecule has 0 N–H and O–H groups in total. The maximum Gasteiger partial charge on any atom is 0.283 e. The van der Waals surface area contributed by atoms with E-state index >= 15 is 0 Å². The topological polar surface area (TPSA) is 12.9 Å². The summed E-state index contributed by atoms with van der Waals surface area (Å²) in [6.45, 7) is 1.49. The van der Waals surface area contributed by atoms with Crippen molar-refractivity contribution in [3.63, 3.8) is 0 Å². The van der Waals surface area contributed by atoms with Crippen molar-refractivity contribution in [2.24, 2.45) is 0 Å². The molecule has 0 saturated carbocycles. The lowest BCUT2D eigenvalue weighted by Gasteiger charge is -2.02. The Morgan fingerprint density at radius 1 is 1.50 bits per heavy atom. The van der Waals surface area contributed by atoms with E-state index in [0.29, 0.717) is 5.56 Å². The summed E-state index contributed by atoms with van der Waals surface area (Å²) in [6, 6.07) is 0.941. The first-order valence-electron chi connectivity index (χ1n) is 3.13. The Bertz CT molecular complexity index is 301. The average Bonchev–Trinajstić information content (AvgIpc) is 1.96. The standard InChI is InChI=1S/C7H5ClF3N/c1-3-2-4(9)5(7(10)11)12-6(3)8/h2,7H,1H3. The molecule has 0 atom stereocenters. The molecule has 12 heavy (non-hydrogen) atoms. The molecule has 0 fully saturated rings. The first kappa shape index (κ1) is 9.32. The smallest absolute Gasteiger partial charge is 0.232 e. The number of pyridine rings is 1. The zero-order valence-electron chi connectivity index (χ0n) is 6.11. The molecule has 0 aliphatic carbocycles. The van der Waals surface area contributed by atoms with Crippen LogP contribution in [-0.2, 0) is 0 Å². The Balaban J connectivity index is 3.23. The van der Waals surface area contributed by atoms with E-state index in [1.165, 1.54) is 6.92 Å². The second-order valence-corrected chi connectivity index (χ2v) is 2.62. The van der Waals surface area contributed by atoms with Crippen LogP contribution >= 0.6 is 11.6 Å². The van der Waals surface area contributed by atoms with Crippen LogP contribution in [0.2, 0.25) is 5.15 Å². The lowest BCUT2D eigenvalue weighted by atomic mass is 10.2. The summed E-state index contributed by atoms with van der Waals surface area (Å²) in [5.74, 6) is -1.02. The number of alkyl halides is 2. The van der Waals surface area contributed by atoms with Crippen molar-refractivity contribution in [3.05, 3.63) is 28.3 Å². The van der Waals surface area contributed by atoms with Crippen LogP contribution < -0.4 is 0 Å². The molecule has 0 spiro atoms. The van der Waals surface area contributed by atoms with E-state index in [2.05, 4.69) is 4.98 Å². The fourth-order valence-electron chi connectivity index (χ4n) is 0.724. The Labute approximate surface area is 72.2 Å². The molecule has 0 radical (unpaired) electrons. The minimum Gasteiger partial charge on any atom is -0.232 e. The predicted octanol–water partition coefficient (Wildman–Crippen LogP) is 3.12. The van der Waals surface area contributed by atoms with E-state index in [1.807, 2.05) is 0 Å². The van der Waals surface area contributed by atoms with Gasteiger partial charge in [0.1, 0.15) is 10.8 Å². The summed E-state index contributed by atoms with van der Waals surface area (Å²) in [5.41, 5.74) is -0.552. The van der Waals surface area contributed by atoms with Crippen LogP contribution in [0.4, 0.5) is 13.2 Å². The zero-order chi connectivity index (χ0) is 9.30. The molecule has 0 amide bonds. The molecule has 0 unspecified atom stereocenters. The quantitative estimate of drug-likeness (QED) is 0.628. The van der Waals surface area contributed by atoms with Gasteiger partial charge in [0.05, 0.1) is 0 Å². The first-order valence-corrected chi connectivity index (χ1v) is 3.51. The fourth-order valence-corrected chi connectivity index (χ4v) is 0.870. The van der Waals surface area contributed by atoms with Gasteiger partial charge in [0.2, 0.25) is 0 Å². The first-order chi connectivity index (χ1) is 5.52. The fraction of sp³-hybridized carbons (Fsp3) is 0.286. The molecular weight excluding hydrogens is 191 g/mol. The molecule has 1 aromatic rings. The van der Waals surface area contributed by atoms with Gasteiger partial charge in [-0.05, 0) is 18.6 Å². The molecular formula is C7H5ClF3N. The number of hydrogen-bond acceptors (Lipinski definition) is 1. The van der Waals surface area contributed by atoms with Crippen LogP contribution in [0.5, 0.6) is 0 Å². The van der Waals surface area contributed by atoms with Gasteiger partial charge < -0.3 is 0 Å². The van der Waals surface area contributed by atoms with Crippen LogP contribution in [0, 0.1) is 12.7 Å². The number of rotatable bonds is 1. The van der Waals surface area contributed by atoms with Crippen molar-refractivity contribution in [2.45, 2.75) is 13.3 Å². The molecule has 5 heteroatoms. The summed E-state index contributed by atoms with van der Waals surface area (Å²) in [5, 5.41) is -0.0910. The van der Waals surface area contributed by atoms with E-state index < -0.39 is 17.9 Å². The van der Waals surface area contributed by atoms with E-state index in [4.69, 9.17) is 11.6 Å². The van der Waals surface area contributed by atoms with Crippen molar-refractivity contribution in [1.82, 2.24) is 4.98 Å². The Morgan fingerprint density at radius 3 is 2.58 bits per heavy atom. The van der Waals surface area contributed by atoms with Gasteiger partial charge >= 0.3 is 0 Å². The van der Waals surface area contributed by atoms with E-state index in [9.17, 15) is 13.2 Å². The van der Waals surface area contributed by atoms with E-state index in [-0.39, 0.29) is 5.15 Å². The predicted molar refractivity (Wildman–Crippen MR) is 38.9 cm³/mol. The third-order valence-corrected chi connectivity index (χ3v) is 1.72. The lowest BCUT2D eigenvalue weighted by Crippen LogP contribution is -1.97. The number of hydrogen-bond donors (Lipinski definition) is 0. The molecule has 0 aliphatic rings. The SMILES string of the molecule is Cc1cc(F)c(C(F)F)nc1Cl. The molecule has 0 aliphatic heterocycles. The maximum atomic E-state index is 12.7. The van der Waals surface area contributed by atoms with Crippen LogP contribution in [0.1, 0.15) is 17.7 Å². The second kappa shape index (κ2) is 3.31. The molecule has 1 rings (SSSR count). The summed E-state index contributed by atoms with van der Waals surface area (Å²) in [6.07, 6.45) is -2.93. The van der Waals surface area contributed by atoms with E-state index in [0.717, 1.165) is 6.07 Å². The van der Waals surface area contributed by atoms with Gasteiger partial charge in [-0.3, -0.25) is 0 Å². The van der Waals surface area contributed by atoms with Crippen molar-refractivity contribution >= 4 is 11.6 Å². The van der Waals surface area contributed by atoms with Crippen LogP contribution in [-0.4, -0.2) is 4.98 Å². The Kier molecular flexibility index (Phi) is 2.57. The largest absolute Gasteiger partial charge is 0.283 e. The summed E-state index contributed by atoms with van der Waals surface area (Å²) < 4.78 is 36.6. The number of halogens is 4. The highest BCUT2D eigenvalue weighted by atomic mass is 35.5. The maximum absolute atomic E-state index is 12.7. The Morgan fingerprint density at radius 2 is 2.08 bits per heavy atom. The lowest BCUT2D eigenvalue weighted by molar-refractivity contribution is 0.140. The third kappa shape index (κ3) is 1.69. The van der Waals surface area contributed by atoms with Gasteiger partial charge in [-0.2, -0.15) is 0 Å². The van der Waals surface area contributed by atoms with Crippen LogP contribution in [0.3, 0.4) is 0 Å². The molecule has 1 aromatic heterocycles. The van der Waals surface area contributed by atoms with Gasteiger partial charge in [-0.1, -0.05) is 11.6 Å². The summed E-state index contributed by atoms with van der Waals surface area (Å²) in [4.78, 5) is 3.21. The monoisotopic (exact) mass is 195 g/mol. The van der Waals surface area contributed by atoms with Crippen LogP contribution in [0.25, 0.3) is 0 Å². The van der Waals surface area contributed by atoms with Crippen molar-refractivity contribution in [3.8, 4) is 0 Å². The zero-order valence-corrected chi connectivity index (χ0v) is 6.87. The molecule has 0 saturated heterocycles. The molecule has 66 valence electrons. The van der Waals surface area contributed by atoms with Gasteiger partial charge in [0, 0.05) is 0 Å². The number of nitrogens with zero attached hydrogens (tertiary/aromatic N) is 1. The number of aryl methyl sites for hydroxylation is 1.